The molecule has 15 heavy (non-hydrogen) atoms. The summed E-state index contributed by atoms with van der Waals surface area (Å²) in [5, 5.41) is 0. The van der Waals surface area contributed by atoms with Crippen LogP contribution in [0.25, 0.3) is 0 Å². The lowest BCUT2D eigenvalue weighted by atomic mass is 9.95. The Hall–Kier alpha value is 0.260. The van der Waals surface area contributed by atoms with Crippen LogP contribution in [0.2, 0.25) is 0 Å². The maximum Gasteiger partial charge on any atom is 0.153 e. The fraction of sp³-hybridized carbons (Fsp3) is 1.00. The van der Waals surface area contributed by atoms with Crippen molar-refractivity contribution >= 4 is 22.5 Å². The van der Waals surface area contributed by atoms with Crippen molar-refractivity contribution in [3.8, 4) is 0 Å². The third kappa shape index (κ3) is 3.96. The third-order valence-electron chi connectivity index (χ3n) is 2.87. The van der Waals surface area contributed by atoms with Crippen molar-refractivity contribution in [1.82, 2.24) is 4.90 Å². The molecule has 0 aromatic rings. The molecule has 1 atom stereocenters. The molecule has 1 fully saturated rings. The van der Waals surface area contributed by atoms with Gasteiger partial charge in [0.1, 0.15) is 0 Å². The summed E-state index contributed by atoms with van der Waals surface area (Å²) in [5.74, 6) is 1.43. The van der Waals surface area contributed by atoms with Gasteiger partial charge in [0.05, 0.1) is 11.5 Å². The molecule has 0 saturated carbocycles. The molecule has 0 amide bonds. The Morgan fingerprint density at radius 1 is 1.47 bits per heavy atom. The summed E-state index contributed by atoms with van der Waals surface area (Å²) in [7, 11) is -2.79. The van der Waals surface area contributed by atoms with E-state index in [1.807, 2.05) is 6.92 Å². The Kier molecular flexibility index (Phi) is 4.12. The molecule has 1 aliphatic rings. The van der Waals surface area contributed by atoms with Crippen molar-refractivity contribution in [3.05, 3.63) is 0 Å². The van der Waals surface area contributed by atoms with Gasteiger partial charge in [-0.2, -0.15) is 12.6 Å². The fourth-order valence-electron chi connectivity index (χ4n) is 1.87. The SMILES string of the molecule is CC1CS(=O)(=O)CCN1CC(C)(C)CS. The number of thiol groups is 1. The van der Waals surface area contributed by atoms with E-state index in [-0.39, 0.29) is 11.5 Å². The van der Waals surface area contributed by atoms with Gasteiger partial charge in [-0.05, 0) is 18.1 Å². The van der Waals surface area contributed by atoms with E-state index in [4.69, 9.17) is 0 Å². The van der Waals surface area contributed by atoms with E-state index in [1.165, 1.54) is 0 Å². The Labute approximate surface area is 98.6 Å². The first-order valence-electron chi connectivity index (χ1n) is 5.31. The average Bonchev–Trinajstić information content (AvgIpc) is 2.09. The van der Waals surface area contributed by atoms with Crippen LogP contribution in [-0.4, -0.2) is 49.7 Å². The minimum atomic E-state index is -2.79. The molecule has 0 radical (unpaired) electrons. The van der Waals surface area contributed by atoms with Crippen LogP contribution in [0.4, 0.5) is 0 Å². The van der Waals surface area contributed by atoms with Gasteiger partial charge in [0.15, 0.2) is 9.84 Å². The molecule has 0 bridgehead atoms. The second-order valence-electron chi connectivity index (χ2n) is 5.26. The molecular weight excluding hydrogens is 230 g/mol. The van der Waals surface area contributed by atoms with Crippen LogP contribution < -0.4 is 0 Å². The smallest absolute Gasteiger partial charge is 0.153 e. The van der Waals surface area contributed by atoms with Gasteiger partial charge >= 0.3 is 0 Å². The van der Waals surface area contributed by atoms with Crippen LogP contribution in [0.3, 0.4) is 0 Å². The summed E-state index contributed by atoms with van der Waals surface area (Å²) >= 11 is 4.32. The second kappa shape index (κ2) is 4.63. The highest BCUT2D eigenvalue weighted by Gasteiger charge is 2.31. The van der Waals surface area contributed by atoms with Gasteiger partial charge < -0.3 is 0 Å². The Morgan fingerprint density at radius 3 is 2.53 bits per heavy atom. The van der Waals surface area contributed by atoms with Gasteiger partial charge in [-0.15, -0.1) is 0 Å². The zero-order valence-electron chi connectivity index (χ0n) is 9.73. The molecule has 1 saturated heterocycles. The van der Waals surface area contributed by atoms with Crippen LogP contribution >= 0.6 is 12.6 Å². The molecule has 3 nitrogen and oxygen atoms in total. The van der Waals surface area contributed by atoms with Crippen LogP contribution in [0.15, 0.2) is 0 Å². The monoisotopic (exact) mass is 251 g/mol. The van der Waals surface area contributed by atoms with E-state index >= 15 is 0 Å². The molecule has 0 spiro atoms. The highest BCUT2D eigenvalue weighted by Crippen LogP contribution is 2.22. The molecule has 0 N–H and O–H groups in total. The van der Waals surface area contributed by atoms with Crippen molar-refractivity contribution in [1.29, 1.82) is 0 Å². The van der Waals surface area contributed by atoms with Crippen molar-refractivity contribution < 1.29 is 8.42 Å². The lowest BCUT2D eigenvalue weighted by Crippen LogP contribution is -2.50. The molecule has 90 valence electrons. The normalized spacial score (nSPS) is 27.9. The molecule has 1 aliphatic heterocycles. The largest absolute Gasteiger partial charge is 0.298 e. The maximum atomic E-state index is 11.4. The molecule has 0 aliphatic carbocycles. The van der Waals surface area contributed by atoms with Crippen LogP contribution in [-0.2, 0) is 9.84 Å². The minimum Gasteiger partial charge on any atom is -0.298 e. The predicted molar refractivity (Wildman–Crippen MR) is 67.3 cm³/mol. The molecule has 1 heterocycles. The molecule has 5 heteroatoms. The van der Waals surface area contributed by atoms with Gasteiger partial charge in [-0.25, -0.2) is 8.42 Å². The first-order chi connectivity index (χ1) is 6.76. The van der Waals surface area contributed by atoms with E-state index in [0.29, 0.717) is 18.1 Å². The van der Waals surface area contributed by atoms with Crippen molar-refractivity contribution in [2.24, 2.45) is 5.41 Å². The van der Waals surface area contributed by atoms with E-state index in [2.05, 4.69) is 31.4 Å². The number of hydrogen-bond donors (Lipinski definition) is 1. The summed E-state index contributed by atoms with van der Waals surface area (Å²) in [4.78, 5) is 2.26. The Balaban J connectivity index is 2.60. The van der Waals surface area contributed by atoms with Gasteiger partial charge in [0, 0.05) is 19.1 Å². The van der Waals surface area contributed by atoms with Gasteiger partial charge in [0.25, 0.3) is 0 Å². The van der Waals surface area contributed by atoms with Crippen LogP contribution in [0.1, 0.15) is 20.8 Å². The van der Waals surface area contributed by atoms with E-state index in [0.717, 1.165) is 12.3 Å². The van der Waals surface area contributed by atoms with Crippen LogP contribution in [0, 0.1) is 5.41 Å². The summed E-state index contributed by atoms with van der Waals surface area (Å²) in [5.41, 5.74) is 0.151. The first kappa shape index (κ1) is 13.3. The van der Waals surface area contributed by atoms with Gasteiger partial charge in [-0.1, -0.05) is 13.8 Å². The maximum absolute atomic E-state index is 11.4. The highest BCUT2D eigenvalue weighted by atomic mass is 32.2. The predicted octanol–water partition coefficient (Wildman–Crippen LogP) is 1.06. The fourth-order valence-corrected chi connectivity index (χ4v) is 3.59. The summed E-state index contributed by atoms with van der Waals surface area (Å²) < 4.78 is 22.8. The number of hydrogen-bond acceptors (Lipinski definition) is 4. The number of sulfone groups is 1. The average molecular weight is 251 g/mol. The van der Waals surface area contributed by atoms with Crippen LogP contribution in [0.5, 0.6) is 0 Å². The Morgan fingerprint density at radius 2 is 2.07 bits per heavy atom. The zero-order valence-corrected chi connectivity index (χ0v) is 11.4. The summed E-state index contributed by atoms with van der Waals surface area (Å²) in [6.45, 7) is 7.91. The topological polar surface area (TPSA) is 37.4 Å². The first-order valence-corrected chi connectivity index (χ1v) is 7.76. The third-order valence-corrected chi connectivity index (χ3v) is 5.52. The Bertz CT molecular complexity index is 311. The standard InChI is InChI=1S/C10H21NO2S2/c1-9-6-15(12,13)5-4-11(9)7-10(2,3)8-14/h9,14H,4-8H2,1-3H3. The van der Waals surface area contributed by atoms with E-state index in [9.17, 15) is 8.42 Å². The lowest BCUT2D eigenvalue weighted by molar-refractivity contribution is 0.162. The molecule has 0 aromatic heterocycles. The number of rotatable bonds is 3. The number of nitrogens with zero attached hydrogens (tertiary/aromatic N) is 1. The lowest BCUT2D eigenvalue weighted by Gasteiger charge is -2.38. The van der Waals surface area contributed by atoms with Gasteiger partial charge in [0.2, 0.25) is 0 Å². The molecule has 1 unspecified atom stereocenters. The van der Waals surface area contributed by atoms with Gasteiger partial charge in [-0.3, -0.25) is 4.90 Å². The van der Waals surface area contributed by atoms with E-state index < -0.39 is 9.84 Å². The summed E-state index contributed by atoms with van der Waals surface area (Å²) in [6.07, 6.45) is 0. The van der Waals surface area contributed by atoms with Crippen molar-refractivity contribution in [3.63, 3.8) is 0 Å². The zero-order chi connectivity index (χ0) is 11.7. The van der Waals surface area contributed by atoms with E-state index in [1.54, 1.807) is 0 Å². The molecule has 0 aromatic carbocycles. The minimum absolute atomic E-state index is 0.142. The quantitative estimate of drug-likeness (QED) is 0.762. The second-order valence-corrected chi connectivity index (χ2v) is 7.80. The van der Waals surface area contributed by atoms with Crippen molar-refractivity contribution in [2.45, 2.75) is 26.8 Å². The van der Waals surface area contributed by atoms with Crippen molar-refractivity contribution in [2.75, 3.05) is 30.3 Å². The molecular formula is C10H21NO2S2. The molecule has 1 rings (SSSR count). The highest BCUT2D eigenvalue weighted by molar-refractivity contribution is 7.91. The summed E-state index contributed by atoms with van der Waals surface area (Å²) in [6, 6.07) is 0.142.